The molecule has 30 heavy (non-hydrogen) atoms. The van der Waals surface area contributed by atoms with Gasteiger partial charge in [0.05, 0.1) is 13.1 Å². The Morgan fingerprint density at radius 1 is 1.07 bits per heavy atom. The van der Waals surface area contributed by atoms with E-state index in [1.165, 1.54) is 29.5 Å². The average Bonchev–Trinajstić information content (AvgIpc) is 2.71. The molecule has 1 aliphatic heterocycles. The van der Waals surface area contributed by atoms with Gasteiger partial charge in [-0.2, -0.15) is 0 Å². The van der Waals surface area contributed by atoms with Crippen molar-refractivity contribution < 1.29 is 23.1 Å². The summed E-state index contributed by atoms with van der Waals surface area (Å²) in [5.41, 5.74) is -0.862. The highest BCUT2D eigenvalue weighted by atomic mass is 127. The number of carbonyl (C=O) groups excluding carboxylic acids is 1. The van der Waals surface area contributed by atoms with Crippen LogP contribution in [0.25, 0.3) is 0 Å². The van der Waals surface area contributed by atoms with Gasteiger partial charge in [-0.3, -0.25) is 4.79 Å². The molecule has 0 unspecified atom stereocenters. The fourth-order valence-electron chi connectivity index (χ4n) is 4.65. The third-order valence-corrected chi connectivity index (χ3v) is 7.06. The van der Waals surface area contributed by atoms with Crippen LogP contribution in [0.4, 0.5) is 13.2 Å². The molecule has 1 amide bonds. The Bertz CT molecular complexity index is 969. The van der Waals surface area contributed by atoms with Crippen LogP contribution in [0.15, 0.2) is 30.3 Å². The van der Waals surface area contributed by atoms with Gasteiger partial charge in [-0.15, -0.1) is 0 Å². The molecule has 1 N–H and O–H groups in total. The van der Waals surface area contributed by atoms with Crippen molar-refractivity contribution in [3.63, 3.8) is 0 Å². The summed E-state index contributed by atoms with van der Waals surface area (Å²) in [6.45, 7) is 0.375. The summed E-state index contributed by atoms with van der Waals surface area (Å²) in [7, 11) is 0. The van der Waals surface area contributed by atoms with Gasteiger partial charge in [0.15, 0.2) is 11.6 Å². The molecule has 4 rings (SSSR count). The predicted octanol–water partition coefficient (Wildman–Crippen LogP) is 5.07. The monoisotopic (exact) mass is 529 g/mol. The number of likely N-dealkylation sites (tertiary alicyclic amines) is 1. The summed E-state index contributed by atoms with van der Waals surface area (Å²) in [6.07, 6.45) is 4.99. The number of rotatable bonds is 4. The van der Waals surface area contributed by atoms with Crippen LogP contribution in [-0.4, -0.2) is 34.6 Å². The Balaban J connectivity index is 1.57. The highest BCUT2D eigenvalue weighted by Gasteiger charge is 2.49. The molecule has 1 heterocycles. The van der Waals surface area contributed by atoms with Crippen LogP contribution in [0.3, 0.4) is 0 Å². The minimum absolute atomic E-state index is 0.0116. The van der Waals surface area contributed by atoms with Crippen LogP contribution in [-0.2, 0) is 6.42 Å². The maximum atomic E-state index is 14.6. The lowest BCUT2D eigenvalue weighted by molar-refractivity contribution is -0.127. The van der Waals surface area contributed by atoms with Gasteiger partial charge < -0.3 is 10.0 Å². The molecule has 0 bridgehead atoms. The molecule has 0 spiro atoms. The number of benzene rings is 2. The fourth-order valence-corrected chi connectivity index (χ4v) is 5.10. The normalized spacial score (nSPS) is 18.9. The van der Waals surface area contributed by atoms with Crippen molar-refractivity contribution >= 4 is 28.5 Å². The van der Waals surface area contributed by atoms with E-state index in [1.54, 1.807) is 6.07 Å². The third-order valence-electron chi connectivity index (χ3n) is 6.39. The number of hydrogen-bond donors (Lipinski definition) is 1. The Morgan fingerprint density at radius 2 is 1.77 bits per heavy atom. The smallest absolute Gasteiger partial charge is 0.254 e. The number of halogens is 4. The van der Waals surface area contributed by atoms with Gasteiger partial charge in [-0.1, -0.05) is 25.3 Å². The zero-order valence-electron chi connectivity index (χ0n) is 16.4. The molecule has 2 aliphatic rings. The molecule has 3 nitrogen and oxygen atoms in total. The van der Waals surface area contributed by atoms with E-state index in [0.29, 0.717) is 3.57 Å². The van der Waals surface area contributed by atoms with Gasteiger partial charge in [-0.25, -0.2) is 13.2 Å². The number of hydrogen-bond acceptors (Lipinski definition) is 2. The predicted molar refractivity (Wildman–Crippen MR) is 116 cm³/mol. The number of β-amino-alcohol motifs (C(OH)–C–C–N with tert-alkyl or cyclic N) is 1. The summed E-state index contributed by atoms with van der Waals surface area (Å²) in [5, 5.41) is 10.9. The Morgan fingerprint density at radius 3 is 2.43 bits per heavy atom. The molecule has 0 atom stereocenters. The van der Waals surface area contributed by atoms with E-state index in [9.17, 15) is 23.1 Å². The standard InChI is InChI=1S/C23H23F3INO2/c24-19-9-8-17(18(21(19)26)10-14-6-7-16(27)11-20(14)25)22(29)28-12-23(30,13-28)15-4-2-1-3-5-15/h6-9,11,15,30H,1-5,10,12-13H2. The largest absolute Gasteiger partial charge is 0.386 e. The fraction of sp³-hybridized carbons (Fsp3) is 0.435. The van der Waals surface area contributed by atoms with Crippen LogP contribution in [0.5, 0.6) is 0 Å². The SMILES string of the molecule is O=C(c1ccc(F)c(F)c1Cc1ccc(I)cc1F)N1CC(O)(C2CCCCC2)C1. The number of nitrogens with zero attached hydrogens (tertiary/aromatic N) is 1. The molecule has 2 aromatic rings. The first-order valence-electron chi connectivity index (χ1n) is 10.2. The number of amides is 1. The van der Waals surface area contributed by atoms with Gasteiger partial charge in [0.2, 0.25) is 0 Å². The molecular formula is C23H23F3INO2. The highest BCUT2D eigenvalue weighted by molar-refractivity contribution is 14.1. The van der Waals surface area contributed by atoms with Crippen LogP contribution < -0.4 is 0 Å². The first-order valence-corrected chi connectivity index (χ1v) is 11.3. The minimum Gasteiger partial charge on any atom is -0.386 e. The summed E-state index contributed by atoms with van der Waals surface area (Å²) < 4.78 is 43.5. The third kappa shape index (κ3) is 4.10. The van der Waals surface area contributed by atoms with Crippen LogP contribution in [0.1, 0.15) is 53.6 Å². The quantitative estimate of drug-likeness (QED) is 0.563. The van der Waals surface area contributed by atoms with E-state index in [2.05, 4.69) is 0 Å². The maximum Gasteiger partial charge on any atom is 0.254 e. The summed E-state index contributed by atoms with van der Waals surface area (Å²) >= 11 is 1.97. The van der Waals surface area contributed by atoms with Crippen molar-refractivity contribution in [3.8, 4) is 0 Å². The first kappa shape index (κ1) is 21.6. The van der Waals surface area contributed by atoms with E-state index in [1.807, 2.05) is 22.6 Å². The molecule has 7 heteroatoms. The van der Waals surface area contributed by atoms with Crippen molar-refractivity contribution in [2.24, 2.45) is 5.92 Å². The van der Waals surface area contributed by atoms with Crippen molar-refractivity contribution in [1.82, 2.24) is 4.90 Å². The second kappa shape index (κ2) is 8.49. The molecule has 2 fully saturated rings. The van der Waals surface area contributed by atoms with Gasteiger partial charge in [-0.05, 0) is 71.2 Å². The van der Waals surface area contributed by atoms with Crippen molar-refractivity contribution in [2.75, 3.05) is 13.1 Å². The van der Waals surface area contributed by atoms with E-state index in [0.717, 1.165) is 31.7 Å². The molecular weight excluding hydrogens is 506 g/mol. The van der Waals surface area contributed by atoms with Gasteiger partial charge in [0.25, 0.3) is 5.91 Å². The average molecular weight is 529 g/mol. The van der Waals surface area contributed by atoms with Gasteiger partial charge >= 0.3 is 0 Å². The summed E-state index contributed by atoms with van der Waals surface area (Å²) in [4.78, 5) is 14.5. The van der Waals surface area contributed by atoms with Crippen molar-refractivity contribution in [2.45, 2.75) is 44.1 Å². The Hall–Kier alpha value is -1.61. The molecule has 2 aromatic carbocycles. The Kier molecular flexibility index (Phi) is 6.12. The van der Waals surface area contributed by atoms with E-state index >= 15 is 0 Å². The second-order valence-electron chi connectivity index (χ2n) is 8.40. The summed E-state index contributed by atoms with van der Waals surface area (Å²) in [5.74, 6) is -3.04. The van der Waals surface area contributed by atoms with Crippen LogP contribution in [0.2, 0.25) is 0 Å². The van der Waals surface area contributed by atoms with Crippen LogP contribution in [0, 0.1) is 26.9 Å². The lowest BCUT2D eigenvalue weighted by atomic mass is 9.72. The molecule has 160 valence electrons. The molecule has 0 radical (unpaired) electrons. The highest BCUT2D eigenvalue weighted by Crippen LogP contribution is 2.39. The topological polar surface area (TPSA) is 40.5 Å². The lowest BCUT2D eigenvalue weighted by Crippen LogP contribution is -2.67. The van der Waals surface area contributed by atoms with Gasteiger partial charge in [0, 0.05) is 21.1 Å². The number of carbonyl (C=O) groups is 1. The minimum atomic E-state index is -1.14. The number of aliphatic hydroxyl groups is 1. The molecule has 1 saturated heterocycles. The first-order chi connectivity index (χ1) is 14.3. The Labute approximate surface area is 187 Å². The molecule has 0 aromatic heterocycles. The zero-order chi connectivity index (χ0) is 21.5. The zero-order valence-corrected chi connectivity index (χ0v) is 18.6. The van der Waals surface area contributed by atoms with Crippen LogP contribution >= 0.6 is 22.6 Å². The van der Waals surface area contributed by atoms with Gasteiger partial charge in [0.1, 0.15) is 11.4 Å². The molecule has 1 saturated carbocycles. The summed E-state index contributed by atoms with van der Waals surface area (Å²) in [6, 6.07) is 6.68. The van der Waals surface area contributed by atoms with E-state index < -0.39 is 29.0 Å². The maximum absolute atomic E-state index is 14.6. The van der Waals surface area contributed by atoms with E-state index in [-0.39, 0.29) is 42.1 Å². The van der Waals surface area contributed by atoms with Crippen molar-refractivity contribution in [3.05, 3.63) is 68.0 Å². The lowest BCUT2D eigenvalue weighted by Gasteiger charge is -2.51. The molecule has 1 aliphatic carbocycles. The van der Waals surface area contributed by atoms with E-state index in [4.69, 9.17) is 0 Å². The van der Waals surface area contributed by atoms with Crippen molar-refractivity contribution in [1.29, 1.82) is 0 Å². The second-order valence-corrected chi connectivity index (χ2v) is 9.65.